The molecule has 0 aliphatic carbocycles. The van der Waals surface area contributed by atoms with Crippen molar-refractivity contribution in [2.24, 2.45) is 0 Å². The minimum atomic E-state index is -0.295. The molecule has 1 aromatic carbocycles. The molecule has 2 aromatic heterocycles. The maximum Gasteiger partial charge on any atom is 0.235 e. The van der Waals surface area contributed by atoms with Crippen LogP contribution in [0.2, 0.25) is 0 Å². The van der Waals surface area contributed by atoms with Crippen LogP contribution < -0.4 is 0 Å². The third kappa shape index (κ3) is 3.73. The molecule has 1 amide bonds. The highest BCUT2D eigenvalue weighted by Crippen LogP contribution is 2.30. The van der Waals surface area contributed by atoms with E-state index in [2.05, 4.69) is 9.97 Å². The van der Waals surface area contributed by atoms with Crippen molar-refractivity contribution >= 4 is 39.2 Å². The number of thioether (sulfide) groups is 1. The summed E-state index contributed by atoms with van der Waals surface area (Å²) >= 11 is 2.97. The van der Waals surface area contributed by atoms with Gasteiger partial charge in [-0.15, -0.1) is 11.3 Å². The number of rotatable bonds is 5. The summed E-state index contributed by atoms with van der Waals surface area (Å²) in [5.41, 5.74) is 0.769. The first-order valence-corrected chi connectivity index (χ1v) is 9.15. The highest BCUT2D eigenvalue weighted by Gasteiger charge is 2.21. The van der Waals surface area contributed by atoms with Crippen molar-refractivity contribution in [1.29, 1.82) is 0 Å². The van der Waals surface area contributed by atoms with Crippen molar-refractivity contribution in [1.82, 2.24) is 14.9 Å². The zero-order chi connectivity index (χ0) is 17.1. The van der Waals surface area contributed by atoms with Crippen molar-refractivity contribution in [3.05, 3.63) is 53.4 Å². The second-order valence-corrected chi connectivity index (χ2v) is 7.63. The fraction of sp³-hybridized carbons (Fsp3) is 0.235. The van der Waals surface area contributed by atoms with E-state index in [1.165, 1.54) is 30.2 Å². The van der Waals surface area contributed by atoms with Crippen molar-refractivity contribution < 1.29 is 9.18 Å². The van der Waals surface area contributed by atoms with E-state index in [-0.39, 0.29) is 17.0 Å². The number of aromatic nitrogens is 2. The van der Waals surface area contributed by atoms with Gasteiger partial charge in [0.1, 0.15) is 22.0 Å². The molecule has 0 saturated heterocycles. The molecular weight excluding hydrogens is 345 g/mol. The molecular formula is C17H16FN3OS2. The molecule has 7 heteroatoms. The summed E-state index contributed by atoms with van der Waals surface area (Å²) in [6.45, 7) is 2.23. The number of carbonyl (C=O) groups excluding carboxylic acids is 1. The Kier molecular flexibility index (Phi) is 5.11. The quantitative estimate of drug-likeness (QED) is 0.510. The van der Waals surface area contributed by atoms with Crippen molar-refractivity contribution in [3.8, 4) is 0 Å². The standard InChI is InChI=1S/C17H16FN3OS2/c1-11(24-16-14-6-7-23-15(14)19-10-20-16)17(22)21(2)9-12-4-3-5-13(18)8-12/h3-8,10-11H,9H2,1-2H3/t11-/m0/s1. The van der Waals surface area contributed by atoms with Crippen LogP contribution in [0.3, 0.4) is 0 Å². The van der Waals surface area contributed by atoms with Crippen LogP contribution in [0.4, 0.5) is 4.39 Å². The molecule has 4 nitrogen and oxygen atoms in total. The summed E-state index contributed by atoms with van der Waals surface area (Å²) in [6, 6.07) is 8.27. The maximum atomic E-state index is 13.3. The number of hydrogen-bond acceptors (Lipinski definition) is 5. The Balaban J connectivity index is 1.69. The van der Waals surface area contributed by atoms with Gasteiger partial charge in [-0.05, 0) is 36.1 Å². The van der Waals surface area contributed by atoms with Gasteiger partial charge in [-0.3, -0.25) is 4.79 Å². The van der Waals surface area contributed by atoms with Gasteiger partial charge in [-0.1, -0.05) is 23.9 Å². The summed E-state index contributed by atoms with van der Waals surface area (Å²) in [5.74, 6) is -0.317. The first-order valence-electron chi connectivity index (χ1n) is 7.39. The van der Waals surface area contributed by atoms with E-state index in [9.17, 15) is 9.18 Å². The second-order valence-electron chi connectivity index (χ2n) is 5.40. The van der Waals surface area contributed by atoms with Crippen LogP contribution in [-0.4, -0.2) is 33.1 Å². The number of benzene rings is 1. The van der Waals surface area contributed by atoms with Crippen molar-refractivity contribution in [2.45, 2.75) is 23.7 Å². The number of hydrogen-bond donors (Lipinski definition) is 0. The molecule has 24 heavy (non-hydrogen) atoms. The lowest BCUT2D eigenvalue weighted by atomic mass is 10.2. The molecule has 2 heterocycles. The predicted molar refractivity (Wildman–Crippen MR) is 95.6 cm³/mol. The smallest absolute Gasteiger partial charge is 0.235 e. The summed E-state index contributed by atoms with van der Waals surface area (Å²) in [7, 11) is 1.73. The maximum absolute atomic E-state index is 13.3. The van der Waals surface area contributed by atoms with Gasteiger partial charge in [-0.2, -0.15) is 0 Å². The van der Waals surface area contributed by atoms with E-state index in [4.69, 9.17) is 0 Å². The van der Waals surface area contributed by atoms with Crippen LogP contribution in [0.1, 0.15) is 12.5 Å². The Morgan fingerprint density at radius 2 is 2.21 bits per heavy atom. The molecule has 0 N–H and O–H groups in total. The monoisotopic (exact) mass is 361 g/mol. The van der Waals surface area contributed by atoms with E-state index >= 15 is 0 Å². The predicted octanol–water partition coefficient (Wildman–Crippen LogP) is 3.97. The van der Waals surface area contributed by atoms with Gasteiger partial charge < -0.3 is 4.90 Å². The Morgan fingerprint density at radius 3 is 3.00 bits per heavy atom. The van der Waals surface area contributed by atoms with Crippen LogP contribution in [-0.2, 0) is 11.3 Å². The number of halogens is 1. The lowest BCUT2D eigenvalue weighted by Gasteiger charge is -2.21. The number of fused-ring (bicyclic) bond motifs is 1. The highest BCUT2D eigenvalue weighted by atomic mass is 32.2. The minimum Gasteiger partial charge on any atom is -0.340 e. The zero-order valence-corrected chi connectivity index (χ0v) is 14.9. The van der Waals surface area contributed by atoms with Gasteiger partial charge in [0, 0.05) is 19.0 Å². The van der Waals surface area contributed by atoms with Crippen LogP contribution >= 0.6 is 23.1 Å². The fourth-order valence-electron chi connectivity index (χ4n) is 2.38. The van der Waals surface area contributed by atoms with E-state index in [1.807, 2.05) is 24.4 Å². The Labute approximate surface area is 147 Å². The van der Waals surface area contributed by atoms with Crippen LogP contribution in [0.25, 0.3) is 10.2 Å². The van der Waals surface area contributed by atoms with Gasteiger partial charge in [0.05, 0.1) is 5.25 Å². The summed E-state index contributed by atoms with van der Waals surface area (Å²) in [4.78, 5) is 23.6. The lowest BCUT2D eigenvalue weighted by Crippen LogP contribution is -2.32. The normalized spacial score (nSPS) is 12.3. The van der Waals surface area contributed by atoms with E-state index in [1.54, 1.807) is 29.4 Å². The lowest BCUT2D eigenvalue weighted by molar-refractivity contribution is -0.129. The van der Waals surface area contributed by atoms with Gasteiger partial charge in [0.2, 0.25) is 5.91 Å². The Bertz CT molecular complexity index is 868. The average Bonchev–Trinajstić information content (AvgIpc) is 3.03. The number of thiophene rings is 1. The number of carbonyl (C=O) groups is 1. The molecule has 0 unspecified atom stereocenters. The molecule has 0 bridgehead atoms. The molecule has 3 aromatic rings. The van der Waals surface area contributed by atoms with Gasteiger partial charge in [-0.25, -0.2) is 14.4 Å². The Morgan fingerprint density at radius 1 is 1.38 bits per heavy atom. The first-order chi connectivity index (χ1) is 11.5. The largest absolute Gasteiger partial charge is 0.340 e. The van der Waals surface area contributed by atoms with Crippen LogP contribution in [0.5, 0.6) is 0 Å². The molecule has 0 radical (unpaired) electrons. The van der Waals surface area contributed by atoms with Crippen LogP contribution in [0.15, 0.2) is 47.1 Å². The molecule has 3 rings (SSSR count). The highest BCUT2D eigenvalue weighted by molar-refractivity contribution is 8.00. The molecule has 0 aliphatic heterocycles. The van der Waals surface area contributed by atoms with E-state index < -0.39 is 0 Å². The average molecular weight is 361 g/mol. The Hall–Kier alpha value is -1.99. The van der Waals surface area contributed by atoms with Crippen molar-refractivity contribution in [2.75, 3.05) is 7.05 Å². The topological polar surface area (TPSA) is 46.1 Å². The second kappa shape index (κ2) is 7.27. The molecule has 0 saturated carbocycles. The molecule has 0 aliphatic rings. The van der Waals surface area contributed by atoms with Gasteiger partial charge in [0.15, 0.2) is 0 Å². The third-order valence-corrected chi connectivity index (χ3v) is 5.47. The summed E-state index contributed by atoms with van der Waals surface area (Å²) < 4.78 is 13.3. The minimum absolute atomic E-state index is 0.0220. The molecule has 124 valence electrons. The number of nitrogens with zero attached hydrogens (tertiary/aromatic N) is 3. The van der Waals surface area contributed by atoms with Gasteiger partial charge in [0.25, 0.3) is 0 Å². The first kappa shape index (κ1) is 16.9. The summed E-state index contributed by atoms with van der Waals surface area (Å²) in [6.07, 6.45) is 1.52. The van der Waals surface area contributed by atoms with Crippen molar-refractivity contribution in [3.63, 3.8) is 0 Å². The van der Waals surface area contributed by atoms with Crippen LogP contribution in [0, 0.1) is 5.82 Å². The summed E-state index contributed by atoms with van der Waals surface area (Å²) in [5, 5.41) is 3.45. The number of amides is 1. The molecule has 1 atom stereocenters. The fourth-order valence-corrected chi connectivity index (χ4v) is 4.19. The van der Waals surface area contributed by atoms with Gasteiger partial charge >= 0.3 is 0 Å². The SMILES string of the molecule is C[C@H](Sc1ncnc2sccc12)C(=O)N(C)Cc1cccc(F)c1. The van der Waals surface area contributed by atoms with E-state index in [0.29, 0.717) is 6.54 Å². The molecule has 0 fully saturated rings. The third-order valence-electron chi connectivity index (χ3n) is 3.55. The molecule has 0 spiro atoms. The van der Waals surface area contributed by atoms with E-state index in [0.717, 1.165) is 20.8 Å². The zero-order valence-electron chi connectivity index (χ0n) is 13.3.